The third-order valence-corrected chi connectivity index (χ3v) is 4.29. The number of carbonyl (C=O) groups excluding carboxylic acids is 1. The number of carbonyl (C=O) groups is 1. The van der Waals surface area contributed by atoms with Crippen LogP contribution in [0.2, 0.25) is 0 Å². The molecule has 1 aliphatic carbocycles. The average Bonchev–Trinajstić information content (AvgIpc) is 3.24. The van der Waals surface area contributed by atoms with Crippen LogP contribution in [0.5, 0.6) is 5.75 Å². The highest BCUT2D eigenvalue weighted by atomic mass is 16.5. The molecule has 2 atom stereocenters. The SMILES string of the molecule is C=C(C)CN(CC)C(=O)C12CC1C(=NO)c1ccccc1O2. The fourth-order valence-corrected chi connectivity index (χ4v) is 3.15. The van der Waals surface area contributed by atoms with Gasteiger partial charge in [-0.15, -0.1) is 0 Å². The Labute approximate surface area is 129 Å². The van der Waals surface area contributed by atoms with Crippen LogP contribution in [0.15, 0.2) is 41.6 Å². The Morgan fingerprint density at radius 2 is 2.27 bits per heavy atom. The molecule has 1 saturated carbocycles. The van der Waals surface area contributed by atoms with Gasteiger partial charge >= 0.3 is 0 Å². The summed E-state index contributed by atoms with van der Waals surface area (Å²) < 4.78 is 6.04. The monoisotopic (exact) mass is 300 g/mol. The fourth-order valence-electron chi connectivity index (χ4n) is 3.15. The normalized spacial score (nSPS) is 26.6. The second-order valence-corrected chi connectivity index (χ2v) is 6.01. The van der Waals surface area contributed by atoms with Gasteiger partial charge < -0.3 is 14.8 Å². The van der Waals surface area contributed by atoms with E-state index in [1.165, 1.54) is 0 Å². The Morgan fingerprint density at radius 1 is 1.55 bits per heavy atom. The van der Waals surface area contributed by atoms with Crippen LogP contribution < -0.4 is 4.74 Å². The highest BCUT2D eigenvalue weighted by molar-refractivity contribution is 6.12. The van der Waals surface area contributed by atoms with E-state index in [0.717, 1.165) is 11.1 Å². The Bertz CT molecular complexity index is 668. The first-order chi connectivity index (χ1) is 10.5. The number of rotatable bonds is 4. The van der Waals surface area contributed by atoms with Crippen LogP contribution in [0, 0.1) is 5.92 Å². The molecule has 1 amide bonds. The lowest BCUT2D eigenvalue weighted by atomic mass is 9.99. The molecule has 0 aromatic heterocycles. The highest BCUT2D eigenvalue weighted by Crippen LogP contribution is 2.54. The van der Waals surface area contributed by atoms with Crippen LogP contribution in [0.25, 0.3) is 0 Å². The summed E-state index contributed by atoms with van der Waals surface area (Å²) in [5, 5.41) is 12.8. The van der Waals surface area contributed by atoms with Crippen molar-refractivity contribution in [3.8, 4) is 5.75 Å². The van der Waals surface area contributed by atoms with E-state index >= 15 is 0 Å². The van der Waals surface area contributed by atoms with Crippen molar-refractivity contribution in [3.05, 3.63) is 42.0 Å². The molecule has 1 aliphatic heterocycles. The number of amides is 1. The van der Waals surface area contributed by atoms with E-state index in [1.54, 1.807) is 11.0 Å². The molecule has 5 nitrogen and oxygen atoms in total. The maximum Gasteiger partial charge on any atom is 0.267 e. The van der Waals surface area contributed by atoms with Crippen molar-refractivity contribution in [2.45, 2.75) is 25.9 Å². The second-order valence-electron chi connectivity index (χ2n) is 6.01. The van der Waals surface area contributed by atoms with Crippen LogP contribution in [0.3, 0.4) is 0 Å². The fraction of sp³-hybridized carbons (Fsp3) is 0.412. The quantitative estimate of drug-likeness (QED) is 0.528. The predicted molar refractivity (Wildman–Crippen MR) is 83.3 cm³/mol. The number of likely N-dealkylation sites (N-methyl/N-ethyl adjacent to an activating group) is 1. The van der Waals surface area contributed by atoms with Gasteiger partial charge in [-0.3, -0.25) is 4.79 Å². The van der Waals surface area contributed by atoms with Gasteiger partial charge in [0.25, 0.3) is 5.91 Å². The van der Waals surface area contributed by atoms with E-state index in [9.17, 15) is 10.0 Å². The Balaban J connectivity index is 1.94. The first-order valence-electron chi connectivity index (χ1n) is 7.47. The van der Waals surface area contributed by atoms with Gasteiger partial charge in [-0.05, 0) is 26.0 Å². The van der Waals surface area contributed by atoms with Crippen molar-refractivity contribution in [2.24, 2.45) is 11.1 Å². The number of fused-ring (bicyclic) bond motifs is 2. The van der Waals surface area contributed by atoms with Crippen molar-refractivity contribution in [1.29, 1.82) is 0 Å². The van der Waals surface area contributed by atoms with Crippen molar-refractivity contribution >= 4 is 11.6 Å². The number of ether oxygens (including phenoxy) is 1. The van der Waals surface area contributed by atoms with Gasteiger partial charge in [-0.2, -0.15) is 0 Å². The molecule has 1 fully saturated rings. The summed E-state index contributed by atoms with van der Waals surface area (Å²) >= 11 is 0. The standard InChI is InChI=1S/C17H20N2O3/c1-4-19(10-11(2)3)16(20)17-9-13(17)15(18-21)12-7-5-6-8-14(12)22-17/h5-8,13,21H,2,4,9-10H2,1,3H3. The van der Waals surface area contributed by atoms with Crippen LogP contribution in [0.4, 0.5) is 0 Å². The minimum atomic E-state index is -0.915. The number of benzene rings is 1. The van der Waals surface area contributed by atoms with Gasteiger partial charge in [0.2, 0.25) is 0 Å². The predicted octanol–water partition coefficient (Wildman–Crippen LogP) is 2.44. The average molecular weight is 300 g/mol. The van der Waals surface area contributed by atoms with Crippen LogP contribution >= 0.6 is 0 Å². The summed E-state index contributed by atoms with van der Waals surface area (Å²) in [6.45, 7) is 8.82. The summed E-state index contributed by atoms with van der Waals surface area (Å²) in [5.74, 6) is 0.363. The van der Waals surface area contributed by atoms with E-state index in [4.69, 9.17) is 4.74 Å². The molecule has 5 heteroatoms. The third-order valence-electron chi connectivity index (χ3n) is 4.29. The van der Waals surface area contributed by atoms with Crippen LogP contribution in [0.1, 0.15) is 25.8 Å². The lowest BCUT2D eigenvalue weighted by Crippen LogP contribution is -2.48. The molecule has 1 aromatic rings. The smallest absolute Gasteiger partial charge is 0.267 e. The van der Waals surface area contributed by atoms with Crippen molar-refractivity contribution in [1.82, 2.24) is 4.90 Å². The minimum Gasteiger partial charge on any atom is -0.476 e. The zero-order valence-corrected chi connectivity index (χ0v) is 12.9. The molecule has 22 heavy (non-hydrogen) atoms. The second kappa shape index (κ2) is 5.16. The van der Waals surface area contributed by atoms with E-state index in [1.807, 2.05) is 32.0 Å². The molecule has 116 valence electrons. The van der Waals surface area contributed by atoms with E-state index in [0.29, 0.717) is 31.0 Å². The minimum absolute atomic E-state index is 0.0568. The van der Waals surface area contributed by atoms with Crippen LogP contribution in [-0.4, -0.2) is 40.4 Å². The number of hydrogen-bond donors (Lipinski definition) is 1. The van der Waals surface area contributed by atoms with Gasteiger partial charge in [-0.1, -0.05) is 29.4 Å². The zero-order chi connectivity index (χ0) is 15.9. The van der Waals surface area contributed by atoms with Crippen molar-refractivity contribution in [2.75, 3.05) is 13.1 Å². The molecule has 1 N–H and O–H groups in total. The molecule has 1 heterocycles. The van der Waals surface area contributed by atoms with Crippen molar-refractivity contribution in [3.63, 3.8) is 0 Å². The first kappa shape index (κ1) is 14.6. The van der Waals surface area contributed by atoms with Gasteiger partial charge in [0.05, 0.1) is 11.6 Å². The molecule has 0 radical (unpaired) electrons. The largest absolute Gasteiger partial charge is 0.476 e. The van der Waals surface area contributed by atoms with E-state index in [-0.39, 0.29) is 11.8 Å². The Hall–Kier alpha value is -2.30. The molecule has 0 spiro atoms. The lowest BCUT2D eigenvalue weighted by molar-refractivity contribution is -0.140. The number of nitrogens with zero attached hydrogens (tertiary/aromatic N) is 2. The molecule has 0 bridgehead atoms. The van der Waals surface area contributed by atoms with Crippen LogP contribution in [-0.2, 0) is 4.79 Å². The number of oxime groups is 1. The van der Waals surface area contributed by atoms with E-state index < -0.39 is 5.60 Å². The molecule has 3 rings (SSSR count). The molecular formula is C17H20N2O3. The van der Waals surface area contributed by atoms with E-state index in [2.05, 4.69) is 11.7 Å². The number of hydrogen-bond acceptors (Lipinski definition) is 4. The summed E-state index contributed by atoms with van der Waals surface area (Å²) in [5.41, 5.74) is 1.32. The van der Waals surface area contributed by atoms with Gasteiger partial charge in [-0.25, -0.2) is 0 Å². The molecule has 1 aromatic carbocycles. The maximum atomic E-state index is 12.9. The van der Waals surface area contributed by atoms with Gasteiger partial charge in [0.1, 0.15) is 5.75 Å². The Morgan fingerprint density at radius 3 is 2.91 bits per heavy atom. The van der Waals surface area contributed by atoms with Gasteiger partial charge in [0, 0.05) is 25.1 Å². The highest BCUT2D eigenvalue weighted by Gasteiger charge is 2.68. The topological polar surface area (TPSA) is 62.1 Å². The lowest BCUT2D eigenvalue weighted by Gasteiger charge is -2.31. The molecule has 0 saturated heterocycles. The van der Waals surface area contributed by atoms with Crippen molar-refractivity contribution < 1.29 is 14.7 Å². The molecular weight excluding hydrogens is 280 g/mol. The summed E-state index contributed by atoms with van der Waals surface area (Å²) in [7, 11) is 0. The third kappa shape index (κ3) is 2.08. The first-order valence-corrected chi connectivity index (χ1v) is 7.47. The summed E-state index contributed by atoms with van der Waals surface area (Å²) in [6.07, 6.45) is 0.548. The zero-order valence-electron chi connectivity index (χ0n) is 12.9. The molecule has 2 aliphatic rings. The Kier molecular flexibility index (Phi) is 3.43. The summed E-state index contributed by atoms with van der Waals surface area (Å²) in [6, 6.07) is 7.37. The number of para-hydroxylation sites is 1. The summed E-state index contributed by atoms with van der Waals surface area (Å²) in [4.78, 5) is 14.7. The maximum absolute atomic E-state index is 12.9. The van der Waals surface area contributed by atoms with Gasteiger partial charge in [0.15, 0.2) is 5.60 Å². The molecule has 2 unspecified atom stereocenters.